The van der Waals surface area contributed by atoms with Crippen molar-refractivity contribution in [1.82, 2.24) is 10.7 Å². The zero-order chi connectivity index (χ0) is 10.7. The third kappa shape index (κ3) is 2.34. The van der Waals surface area contributed by atoms with Crippen molar-refractivity contribution in [2.45, 2.75) is 23.9 Å². The predicted octanol–water partition coefficient (Wildman–Crippen LogP) is 1.41. The molecule has 3 nitrogen and oxygen atoms in total. The van der Waals surface area contributed by atoms with Crippen LogP contribution in [-0.2, 0) is 6.42 Å². The molecule has 1 aliphatic heterocycles. The van der Waals surface area contributed by atoms with Crippen molar-refractivity contribution in [3.63, 3.8) is 0 Å². The molecule has 0 amide bonds. The first-order valence-corrected chi connectivity index (χ1v) is 6.22. The molecular formula is C11H17N3S. The zero-order valence-corrected chi connectivity index (χ0v) is 9.73. The molecule has 1 aromatic carbocycles. The smallest absolute Gasteiger partial charge is 0.0958 e. The number of fused-ring (bicyclic) bond motifs is 1. The maximum atomic E-state index is 5.47. The largest absolute Gasteiger partial charge is 0.300 e. The van der Waals surface area contributed by atoms with E-state index < -0.39 is 0 Å². The summed E-state index contributed by atoms with van der Waals surface area (Å²) in [7, 11) is 1.90. The summed E-state index contributed by atoms with van der Waals surface area (Å²) in [5, 5.41) is 3.13. The minimum absolute atomic E-state index is 0.0437. The fourth-order valence-electron chi connectivity index (χ4n) is 1.91. The van der Waals surface area contributed by atoms with E-state index in [4.69, 9.17) is 5.84 Å². The molecule has 2 rings (SSSR count). The van der Waals surface area contributed by atoms with Gasteiger partial charge in [0, 0.05) is 4.90 Å². The molecule has 4 heteroatoms. The lowest BCUT2D eigenvalue weighted by atomic mass is 10.0. The molecule has 0 saturated carbocycles. The van der Waals surface area contributed by atoms with Crippen LogP contribution in [0.1, 0.15) is 23.7 Å². The van der Waals surface area contributed by atoms with Crippen LogP contribution in [0.3, 0.4) is 0 Å². The Morgan fingerprint density at radius 3 is 3.07 bits per heavy atom. The number of benzene rings is 1. The molecule has 15 heavy (non-hydrogen) atoms. The second-order valence-corrected chi connectivity index (χ2v) is 4.84. The quantitative estimate of drug-likeness (QED) is 0.412. The Kier molecular flexibility index (Phi) is 3.64. The summed E-state index contributed by atoms with van der Waals surface area (Å²) in [5.41, 5.74) is 5.42. The van der Waals surface area contributed by atoms with Gasteiger partial charge in [-0.25, -0.2) is 5.43 Å². The van der Waals surface area contributed by atoms with Crippen LogP contribution in [-0.4, -0.2) is 12.8 Å². The summed E-state index contributed by atoms with van der Waals surface area (Å²) < 4.78 is 0. The van der Waals surface area contributed by atoms with Gasteiger partial charge in [-0.1, -0.05) is 12.1 Å². The normalized spacial score (nSPS) is 17.2. The molecule has 0 aromatic heterocycles. The molecule has 0 saturated heterocycles. The summed E-state index contributed by atoms with van der Waals surface area (Å²) in [6, 6.07) is 6.59. The first-order chi connectivity index (χ1) is 7.35. The fourth-order valence-corrected chi connectivity index (χ4v) is 2.93. The highest BCUT2D eigenvalue weighted by molar-refractivity contribution is 7.99. The zero-order valence-electron chi connectivity index (χ0n) is 8.92. The van der Waals surface area contributed by atoms with Gasteiger partial charge in [-0.3, -0.25) is 5.84 Å². The molecule has 1 unspecified atom stereocenters. The second kappa shape index (κ2) is 4.99. The Balaban J connectivity index is 2.27. The molecule has 0 bridgehead atoms. The fraction of sp³-hybridized carbons (Fsp3) is 0.455. The van der Waals surface area contributed by atoms with Crippen LogP contribution < -0.4 is 16.6 Å². The van der Waals surface area contributed by atoms with Gasteiger partial charge in [-0.2, -0.15) is 0 Å². The number of hydrogen-bond donors (Lipinski definition) is 3. The van der Waals surface area contributed by atoms with Gasteiger partial charge in [0.05, 0.1) is 6.17 Å². The molecule has 0 fully saturated rings. The average Bonchev–Trinajstić information content (AvgIpc) is 2.30. The summed E-state index contributed by atoms with van der Waals surface area (Å²) >= 11 is 1.95. The molecule has 0 spiro atoms. The number of hydrazine groups is 1. The average molecular weight is 223 g/mol. The first kappa shape index (κ1) is 11.0. The Bertz CT molecular complexity index is 337. The predicted molar refractivity (Wildman–Crippen MR) is 64.6 cm³/mol. The van der Waals surface area contributed by atoms with Gasteiger partial charge >= 0.3 is 0 Å². The minimum atomic E-state index is 0.0437. The SMILES string of the molecule is CNC(NN)c1ccc2c(c1)CCCS2. The Morgan fingerprint density at radius 2 is 2.33 bits per heavy atom. The Hall–Kier alpha value is -0.550. The van der Waals surface area contributed by atoms with E-state index in [1.807, 2.05) is 18.8 Å². The van der Waals surface area contributed by atoms with E-state index in [9.17, 15) is 0 Å². The van der Waals surface area contributed by atoms with Crippen molar-refractivity contribution in [3.05, 3.63) is 29.3 Å². The van der Waals surface area contributed by atoms with Gasteiger partial charge in [0.25, 0.3) is 0 Å². The number of thioether (sulfide) groups is 1. The maximum absolute atomic E-state index is 5.47. The highest BCUT2D eigenvalue weighted by Gasteiger charge is 2.13. The van der Waals surface area contributed by atoms with Crippen molar-refractivity contribution >= 4 is 11.8 Å². The van der Waals surface area contributed by atoms with Crippen molar-refractivity contribution in [1.29, 1.82) is 0 Å². The number of nitrogens with two attached hydrogens (primary N) is 1. The van der Waals surface area contributed by atoms with Crippen LogP contribution in [0.5, 0.6) is 0 Å². The van der Waals surface area contributed by atoms with Crippen LogP contribution in [0, 0.1) is 0 Å². The summed E-state index contributed by atoms with van der Waals surface area (Å²) in [6.45, 7) is 0. The van der Waals surface area contributed by atoms with E-state index in [1.54, 1.807) is 0 Å². The highest BCUT2D eigenvalue weighted by Crippen LogP contribution is 2.31. The lowest BCUT2D eigenvalue weighted by Gasteiger charge is -2.20. The van der Waals surface area contributed by atoms with Crippen LogP contribution in [0.4, 0.5) is 0 Å². The first-order valence-electron chi connectivity index (χ1n) is 5.24. The highest BCUT2D eigenvalue weighted by atomic mass is 32.2. The molecule has 1 atom stereocenters. The van der Waals surface area contributed by atoms with Gasteiger partial charge in [0.1, 0.15) is 0 Å². The monoisotopic (exact) mass is 223 g/mol. The Morgan fingerprint density at radius 1 is 1.47 bits per heavy atom. The van der Waals surface area contributed by atoms with E-state index in [0.717, 1.165) is 0 Å². The third-order valence-electron chi connectivity index (χ3n) is 2.72. The lowest BCUT2D eigenvalue weighted by molar-refractivity contribution is 0.488. The van der Waals surface area contributed by atoms with Gasteiger partial charge in [-0.05, 0) is 42.8 Å². The molecular weight excluding hydrogens is 206 g/mol. The van der Waals surface area contributed by atoms with Crippen LogP contribution >= 0.6 is 11.8 Å². The number of rotatable bonds is 3. The molecule has 1 aromatic rings. The van der Waals surface area contributed by atoms with E-state index in [2.05, 4.69) is 28.9 Å². The number of nitrogens with one attached hydrogen (secondary N) is 2. The summed E-state index contributed by atoms with van der Waals surface area (Å²) in [4.78, 5) is 1.43. The maximum Gasteiger partial charge on any atom is 0.0958 e. The number of hydrogen-bond acceptors (Lipinski definition) is 4. The van der Waals surface area contributed by atoms with Gasteiger partial charge in [0.15, 0.2) is 0 Å². The van der Waals surface area contributed by atoms with E-state index in [1.165, 1.54) is 34.6 Å². The topological polar surface area (TPSA) is 50.1 Å². The molecule has 82 valence electrons. The van der Waals surface area contributed by atoms with Gasteiger partial charge < -0.3 is 5.32 Å². The lowest BCUT2D eigenvalue weighted by Crippen LogP contribution is -2.36. The minimum Gasteiger partial charge on any atom is -0.300 e. The standard InChI is InChI=1S/C11H17N3S/c1-13-11(14-12)9-4-5-10-8(7-9)3-2-6-15-10/h4-5,7,11,13-14H,2-3,6,12H2,1H3. The summed E-state index contributed by atoms with van der Waals surface area (Å²) in [6.07, 6.45) is 2.51. The van der Waals surface area contributed by atoms with Crippen LogP contribution in [0.2, 0.25) is 0 Å². The van der Waals surface area contributed by atoms with Crippen molar-refractivity contribution in [2.24, 2.45) is 5.84 Å². The molecule has 0 aliphatic carbocycles. The molecule has 4 N–H and O–H groups in total. The second-order valence-electron chi connectivity index (χ2n) is 3.71. The third-order valence-corrected chi connectivity index (χ3v) is 3.92. The van der Waals surface area contributed by atoms with E-state index in [0.29, 0.717) is 0 Å². The molecule has 0 radical (unpaired) electrons. The van der Waals surface area contributed by atoms with E-state index >= 15 is 0 Å². The van der Waals surface area contributed by atoms with E-state index in [-0.39, 0.29) is 6.17 Å². The van der Waals surface area contributed by atoms with Crippen molar-refractivity contribution in [3.8, 4) is 0 Å². The number of aryl methyl sites for hydroxylation is 1. The van der Waals surface area contributed by atoms with Crippen molar-refractivity contribution < 1.29 is 0 Å². The Labute approximate surface area is 94.8 Å². The molecule has 1 aliphatic rings. The van der Waals surface area contributed by atoms with Gasteiger partial charge in [-0.15, -0.1) is 11.8 Å². The van der Waals surface area contributed by atoms with Crippen LogP contribution in [0.15, 0.2) is 23.1 Å². The van der Waals surface area contributed by atoms with Gasteiger partial charge in [0.2, 0.25) is 0 Å². The van der Waals surface area contributed by atoms with Crippen molar-refractivity contribution in [2.75, 3.05) is 12.8 Å². The summed E-state index contributed by atoms with van der Waals surface area (Å²) in [5.74, 6) is 6.72. The molecule has 1 heterocycles. The van der Waals surface area contributed by atoms with Crippen LogP contribution in [0.25, 0.3) is 0 Å².